The third-order valence-electron chi connectivity index (χ3n) is 4.96. The van der Waals surface area contributed by atoms with Crippen molar-refractivity contribution in [3.8, 4) is 0 Å². The molecule has 0 saturated carbocycles. The van der Waals surface area contributed by atoms with E-state index in [1.807, 2.05) is 0 Å². The number of nitrogens with zero attached hydrogens (tertiary/aromatic N) is 4. The van der Waals surface area contributed by atoms with Crippen LogP contribution >= 0.6 is 11.6 Å². The van der Waals surface area contributed by atoms with Gasteiger partial charge in [0.1, 0.15) is 6.23 Å². The summed E-state index contributed by atoms with van der Waals surface area (Å²) in [4.78, 5) is 34.8. The van der Waals surface area contributed by atoms with Crippen molar-refractivity contribution in [2.45, 2.75) is 43.7 Å². The molecule has 2 aromatic heterocycles. The summed E-state index contributed by atoms with van der Waals surface area (Å²) in [5.74, 6) is -2.60. The number of carbonyl (C=O) groups is 2. The van der Waals surface area contributed by atoms with E-state index in [9.17, 15) is 9.59 Å². The van der Waals surface area contributed by atoms with Crippen LogP contribution in [0.3, 0.4) is 0 Å². The fourth-order valence-corrected chi connectivity index (χ4v) is 3.67. The van der Waals surface area contributed by atoms with E-state index >= 15 is 0 Å². The van der Waals surface area contributed by atoms with Crippen molar-refractivity contribution in [1.29, 1.82) is 0 Å². The summed E-state index contributed by atoms with van der Waals surface area (Å²) in [7, 11) is 0. The summed E-state index contributed by atoms with van der Waals surface area (Å²) in [5.41, 5.74) is 1.04. The van der Waals surface area contributed by atoms with Gasteiger partial charge in [-0.2, -0.15) is 9.97 Å². The Kier molecular flexibility index (Phi) is 5.99. The predicted molar refractivity (Wildman–Crippen MR) is 101 cm³/mol. The minimum atomic E-state index is -1.93. The molecule has 0 aromatic carbocycles. The van der Waals surface area contributed by atoms with Gasteiger partial charge in [0, 0.05) is 6.61 Å². The SMILES string of the molecule is O=C(O)C(OCC1CCC(n2cnc3c(NC4CCOC4)nc(Cl)nc32)O1)C(=O)O. The van der Waals surface area contributed by atoms with Crippen molar-refractivity contribution in [1.82, 2.24) is 19.5 Å². The van der Waals surface area contributed by atoms with E-state index in [1.165, 1.54) is 0 Å². The number of fused-ring (bicyclic) bond motifs is 1. The molecular weight excluding hydrogens is 422 g/mol. The predicted octanol–water partition coefficient (Wildman–Crippen LogP) is 0.912. The second kappa shape index (κ2) is 8.68. The van der Waals surface area contributed by atoms with Gasteiger partial charge in [-0.15, -0.1) is 0 Å². The van der Waals surface area contributed by atoms with Gasteiger partial charge in [0.25, 0.3) is 6.10 Å². The van der Waals surface area contributed by atoms with Crippen LogP contribution in [0.5, 0.6) is 0 Å². The fourth-order valence-electron chi connectivity index (χ4n) is 3.51. The number of aromatic nitrogens is 4. The van der Waals surface area contributed by atoms with E-state index in [1.54, 1.807) is 10.9 Å². The number of carboxylic acids is 2. The lowest BCUT2D eigenvalue weighted by Crippen LogP contribution is -2.35. The Balaban J connectivity index is 1.47. The molecule has 0 amide bonds. The maximum absolute atomic E-state index is 10.9. The third kappa shape index (κ3) is 4.31. The van der Waals surface area contributed by atoms with E-state index in [-0.39, 0.29) is 17.9 Å². The summed E-state index contributed by atoms with van der Waals surface area (Å²) in [6.45, 7) is 1.10. The molecule has 162 valence electrons. The first-order chi connectivity index (χ1) is 14.4. The average Bonchev–Trinajstić information content (AvgIpc) is 3.41. The van der Waals surface area contributed by atoms with Gasteiger partial charge in [0.05, 0.1) is 31.7 Å². The number of carboxylic acid groups (broad SMARTS) is 2. The molecule has 3 atom stereocenters. The molecule has 2 aliphatic heterocycles. The Morgan fingerprint density at radius 2 is 2.10 bits per heavy atom. The van der Waals surface area contributed by atoms with Gasteiger partial charge in [-0.05, 0) is 30.9 Å². The molecule has 2 saturated heterocycles. The fraction of sp³-hybridized carbons (Fsp3) is 0.588. The quantitative estimate of drug-likeness (QED) is 0.395. The molecule has 30 heavy (non-hydrogen) atoms. The number of ether oxygens (including phenoxy) is 3. The van der Waals surface area contributed by atoms with Gasteiger partial charge in [0.2, 0.25) is 5.28 Å². The lowest BCUT2D eigenvalue weighted by atomic mass is 10.2. The molecule has 12 nitrogen and oxygen atoms in total. The summed E-state index contributed by atoms with van der Waals surface area (Å²) in [5, 5.41) is 21.1. The van der Waals surface area contributed by atoms with Gasteiger partial charge in [0.15, 0.2) is 17.0 Å². The van der Waals surface area contributed by atoms with Crippen LogP contribution < -0.4 is 5.32 Å². The van der Waals surface area contributed by atoms with Crippen LogP contribution in [0.15, 0.2) is 6.33 Å². The van der Waals surface area contributed by atoms with E-state index in [0.717, 1.165) is 6.42 Å². The minimum Gasteiger partial charge on any atom is -0.479 e. The molecule has 2 aliphatic rings. The largest absolute Gasteiger partial charge is 0.479 e. The van der Waals surface area contributed by atoms with Crippen molar-refractivity contribution < 1.29 is 34.0 Å². The van der Waals surface area contributed by atoms with E-state index in [2.05, 4.69) is 20.3 Å². The maximum Gasteiger partial charge on any atom is 0.344 e. The smallest absolute Gasteiger partial charge is 0.344 e. The van der Waals surface area contributed by atoms with Gasteiger partial charge >= 0.3 is 11.9 Å². The van der Waals surface area contributed by atoms with Crippen molar-refractivity contribution in [3.05, 3.63) is 11.6 Å². The number of nitrogens with one attached hydrogen (secondary N) is 1. The van der Waals surface area contributed by atoms with Gasteiger partial charge in [-0.1, -0.05) is 0 Å². The number of rotatable bonds is 8. The Labute approximate surface area is 175 Å². The lowest BCUT2D eigenvalue weighted by molar-refractivity contribution is -0.168. The van der Waals surface area contributed by atoms with Crippen molar-refractivity contribution in [2.75, 3.05) is 25.1 Å². The summed E-state index contributed by atoms with van der Waals surface area (Å²) < 4.78 is 18.0. The molecule has 13 heteroatoms. The molecular formula is C17H20ClN5O7. The highest BCUT2D eigenvalue weighted by Crippen LogP contribution is 2.32. The molecule has 2 fully saturated rings. The minimum absolute atomic E-state index is 0.0642. The van der Waals surface area contributed by atoms with E-state index in [4.69, 9.17) is 36.0 Å². The molecule has 0 bridgehead atoms. The van der Waals surface area contributed by atoms with Crippen LogP contribution in [-0.4, -0.2) is 79.7 Å². The Morgan fingerprint density at radius 3 is 2.80 bits per heavy atom. The number of hydrogen-bond donors (Lipinski definition) is 3. The molecule has 0 spiro atoms. The zero-order valence-electron chi connectivity index (χ0n) is 15.7. The molecule has 4 rings (SSSR count). The third-order valence-corrected chi connectivity index (χ3v) is 5.13. The summed E-state index contributed by atoms with van der Waals surface area (Å²) in [6, 6.07) is 0.116. The molecule has 0 radical (unpaired) electrons. The Hall–Kier alpha value is -2.54. The molecule has 0 aliphatic carbocycles. The number of hydrogen-bond acceptors (Lipinski definition) is 9. The van der Waals surface area contributed by atoms with Crippen LogP contribution in [0, 0.1) is 0 Å². The zero-order valence-corrected chi connectivity index (χ0v) is 16.5. The van der Waals surface area contributed by atoms with Crippen LogP contribution in [0.4, 0.5) is 5.82 Å². The lowest BCUT2D eigenvalue weighted by Gasteiger charge is -2.17. The van der Waals surface area contributed by atoms with Gasteiger partial charge < -0.3 is 29.7 Å². The Morgan fingerprint density at radius 1 is 1.30 bits per heavy atom. The van der Waals surface area contributed by atoms with Crippen molar-refractivity contribution in [2.24, 2.45) is 0 Å². The molecule has 3 N–H and O–H groups in total. The zero-order chi connectivity index (χ0) is 21.3. The number of imidazole rings is 1. The maximum atomic E-state index is 10.9. The summed E-state index contributed by atoms with van der Waals surface area (Å²) in [6.07, 6.45) is 0.762. The number of aliphatic carboxylic acids is 2. The van der Waals surface area contributed by atoms with Crippen LogP contribution in [0.1, 0.15) is 25.5 Å². The second-order valence-corrected chi connectivity index (χ2v) is 7.39. The molecule has 2 aromatic rings. The topological polar surface area (TPSA) is 158 Å². The van der Waals surface area contributed by atoms with E-state index < -0.39 is 30.4 Å². The average molecular weight is 442 g/mol. The highest BCUT2D eigenvalue weighted by atomic mass is 35.5. The number of anilines is 1. The van der Waals surface area contributed by atoms with E-state index in [0.29, 0.717) is 43.0 Å². The molecule has 3 unspecified atom stereocenters. The monoisotopic (exact) mass is 441 g/mol. The summed E-state index contributed by atoms with van der Waals surface area (Å²) >= 11 is 6.11. The first-order valence-electron chi connectivity index (χ1n) is 9.39. The first kappa shape index (κ1) is 20.7. The normalized spacial score (nSPS) is 24.0. The van der Waals surface area contributed by atoms with Crippen LogP contribution in [-0.2, 0) is 23.8 Å². The highest BCUT2D eigenvalue weighted by molar-refractivity contribution is 6.28. The first-order valence-corrected chi connectivity index (χ1v) is 9.77. The van der Waals surface area contributed by atoms with Crippen LogP contribution in [0.2, 0.25) is 5.28 Å². The second-order valence-electron chi connectivity index (χ2n) is 7.05. The van der Waals surface area contributed by atoms with Gasteiger partial charge in [-0.25, -0.2) is 14.6 Å². The number of halogens is 1. The Bertz CT molecular complexity index is 934. The van der Waals surface area contributed by atoms with Crippen LogP contribution in [0.25, 0.3) is 11.2 Å². The van der Waals surface area contributed by atoms with Gasteiger partial charge in [-0.3, -0.25) is 4.57 Å². The standard InChI is InChI=1S/C17H20ClN5O7/c18-17-21-13(20-8-3-4-28-5-8)11-14(22-17)23(7-19-11)10-2-1-9(30-10)6-29-12(15(24)25)16(26)27/h7-10,12H,1-6H2,(H,24,25)(H,26,27)(H,20,21,22). The van der Waals surface area contributed by atoms with Crippen molar-refractivity contribution in [3.63, 3.8) is 0 Å². The molecule has 4 heterocycles. The van der Waals surface area contributed by atoms with Crippen molar-refractivity contribution >= 4 is 40.5 Å². The highest BCUT2D eigenvalue weighted by Gasteiger charge is 2.33.